The molecule has 220 valence electrons. The summed E-state index contributed by atoms with van der Waals surface area (Å²) in [6, 6.07) is 5.23. The molecule has 1 fully saturated rings. The molecule has 3 aromatic rings. The number of rotatable bonds is 5. The first-order chi connectivity index (χ1) is 19.4. The minimum absolute atomic E-state index is 0.162. The number of nitrogens with zero attached hydrogens (tertiary/aromatic N) is 3. The molecule has 0 saturated carbocycles. The number of hydrogen-bond acceptors (Lipinski definition) is 7. The van der Waals surface area contributed by atoms with Gasteiger partial charge in [0.25, 0.3) is 11.8 Å². The lowest BCUT2D eigenvalue weighted by Gasteiger charge is -2.39. The third-order valence-corrected chi connectivity index (χ3v) is 8.49. The number of aromatic nitrogens is 2. The van der Waals surface area contributed by atoms with Crippen LogP contribution in [0.1, 0.15) is 71.9 Å². The highest BCUT2D eigenvalue weighted by Crippen LogP contribution is 2.27. The molecule has 2 aromatic heterocycles. The van der Waals surface area contributed by atoms with Crippen LogP contribution in [-0.4, -0.2) is 81.0 Å². The normalized spacial score (nSPS) is 19.7. The molecule has 10 nitrogen and oxygen atoms in total. The van der Waals surface area contributed by atoms with Crippen molar-refractivity contribution in [1.82, 2.24) is 30.4 Å². The number of piperidine rings is 1. The summed E-state index contributed by atoms with van der Waals surface area (Å²) in [6.45, 7) is 11.9. The number of aromatic amines is 1. The fourth-order valence-electron chi connectivity index (χ4n) is 5.22. The van der Waals surface area contributed by atoms with Crippen molar-refractivity contribution in [3.05, 3.63) is 51.4 Å². The van der Waals surface area contributed by atoms with Crippen LogP contribution >= 0.6 is 11.3 Å². The third kappa shape index (κ3) is 6.70. The van der Waals surface area contributed by atoms with Gasteiger partial charge in [-0.15, -0.1) is 11.3 Å². The molecule has 3 amide bonds. The number of nitrogens with one attached hydrogen (secondary N) is 3. The van der Waals surface area contributed by atoms with E-state index in [0.717, 1.165) is 30.1 Å². The second-order valence-corrected chi connectivity index (χ2v) is 13.1. The van der Waals surface area contributed by atoms with Gasteiger partial charge in [-0.3, -0.25) is 14.5 Å². The first-order valence-electron chi connectivity index (χ1n) is 14.0. The Bertz CT molecular complexity index is 1460. The predicted octanol–water partition coefficient (Wildman–Crippen LogP) is 4.07. The Morgan fingerprint density at radius 2 is 1.88 bits per heavy atom. The van der Waals surface area contributed by atoms with Crippen molar-refractivity contribution < 1.29 is 23.5 Å². The maximum atomic E-state index is 13.7. The number of carbonyl (C=O) groups is 3. The average molecular weight is 585 g/mol. The van der Waals surface area contributed by atoms with Crippen molar-refractivity contribution in [2.24, 2.45) is 0 Å². The van der Waals surface area contributed by atoms with Crippen LogP contribution < -0.4 is 10.6 Å². The fourth-order valence-corrected chi connectivity index (χ4v) is 6.26. The quantitative estimate of drug-likeness (QED) is 0.416. The summed E-state index contributed by atoms with van der Waals surface area (Å²) < 4.78 is 19.2. The van der Waals surface area contributed by atoms with Crippen molar-refractivity contribution in [2.45, 2.75) is 77.7 Å². The Balaban J connectivity index is 1.33. The van der Waals surface area contributed by atoms with Crippen molar-refractivity contribution >= 4 is 40.1 Å². The molecule has 12 heteroatoms. The van der Waals surface area contributed by atoms with Crippen LogP contribution in [0.4, 0.5) is 9.18 Å². The average Bonchev–Trinajstić information content (AvgIpc) is 3.52. The maximum Gasteiger partial charge on any atom is 0.410 e. The number of benzene rings is 1. The maximum absolute atomic E-state index is 13.7. The van der Waals surface area contributed by atoms with Gasteiger partial charge < -0.3 is 25.3 Å². The summed E-state index contributed by atoms with van der Waals surface area (Å²) in [6.07, 6.45) is 0.723. The van der Waals surface area contributed by atoms with Crippen LogP contribution in [0.5, 0.6) is 0 Å². The number of halogens is 1. The molecule has 0 aliphatic carbocycles. The Kier molecular flexibility index (Phi) is 8.06. The zero-order chi connectivity index (χ0) is 29.5. The molecule has 0 bridgehead atoms. The Labute approximate surface area is 242 Å². The number of thiazole rings is 1. The van der Waals surface area contributed by atoms with Crippen molar-refractivity contribution in [2.75, 3.05) is 19.6 Å². The summed E-state index contributed by atoms with van der Waals surface area (Å²) in [5.41, 5.74) is 1.22. The standard InChI is InChI=1S/C29H37FN6O4S/c1-16(2)35-10-9-21-24(15-35)41-27(34-21)26(38)33-23-14-36(28(39)40-29(3,4)5)11-8-20(23)32-25(37)22-13-17-12-18(30)6-7-19(17)31-22/h6-7,12-13,16,20,23,31H,8-11,14-15H2,1-5H3,(H,32,37)(H,33,38)/t20-,23+/m0/s1. The number of ether oxygens (including phenoxy) is 1. The first kappa shape index (κ1) is 29.0. The summed E-state index contributed by atoms with van der Waals surface area (Å²) >= 11 is 1.39. The third-order valence-electron chi connectivity index (χ3n) is 7.41. The molecule has 1 aromatic carbocycles. The van der Waals surface area contributed by atoms with Gasteiger partial charge in [0.1, 0.15) is 17.1 Å². The summed E-state index contributed by atoms with van der Waals surface area (Å²) in [5, 5.41) is 7.01. The highest BCUT2D eigenvalue weighted by molar-refractivity contribution is 7.13. The fraction of sp³-hybridized carbons (Fsp3) is 0.517. The molecule has 2 atom stereocenters. The highest BCUT2D eigenvalue weighted by atomic mass is 32.1. The van der Waals surface area contributed by atoms with E-state index in [1.54, 1.807) is 37.8 Å². The lowest BCUT2D eigenvalue weighted by atomic mass is 9.99. The molecule has 0 spiro atoms. The van der Waals surface area contributed by atoms with Gasteiger partial charge in [-0.2, -0.15) is 0 Å². The highest BCUT2D eigenvalue weighted by Gasteiger charge is 2.36. The van der Waals surface area contributed by atoms with E-state index in [0.29, 0.717) is 34.9 Å². The predicted molar refractivity (Wildman–Crippen MR) is 155 cm³/mol. The van der Waals surface area contributed by atoms with Gasteiger partial charge in [0.2, 0.25) is 0 Å². The van der Waals surface area contributed by atoms with Crippen molar-refractivity contribution in [1.29, 1.82) is 0 Å². The number of fused-ring (bicyclic) bond motifs is 2. The van der Waals surface area contributed by atoms with Crippen LogP contribution in [0.2, 0.25) is 0 Å². The Hall–Kier alpha value is -3.51. The Morgan fingerprint density at radius 3 is 2.61 bits per heavy atom. The van der Waals surface area contributed by atoms with Crippen LogP contribution in [0.3, 0.4) is 0 Å². The van der Waals surface area contributed by atoms with Gasteiger partial charge in [0.15, 0.2) is 5.01 Å². The minimum atomic E-state index is -0.667. The van der Waals surface area contributed by atoms with E-state index in [1.165, 1.54) is 23.5 Å². The van der Waals surface area contributed by atoms with Gasteiger partial charge in [0, 0.05) is 54.4 Å². The van der Waals surface area contributed by atoms with Crippen molar-refractivity contribution in [3.8, 4) is 0 Å². The largest absolute Gasteiger partial charge is 0.444 e. The molecular formula is C29H37FN6O4S. The summed E-state index contributed by atoms with van der Waals surface area (Å²) in [7, 11) is 0. The lowest BCUT2D eigenvalue weighted by molar-refractivity contribution is 0.0161. The number of carbonyl (C=O) groups excluding carboxylic acids is 3. The van der Waals surface area contributed by atoms with E-state index in [2.05, 4.69) is 39.3 Å². The van der Waals surface area contributed by atoms with Gasteiger partial charge in [-0.1, -0.05) is 0 Å². The van der Waals surface area contributed by atoms with Crippen molar-refractivity contribution in [3.63, 3.8) is 0 Å². The van der Waals surface area contributed by atoms with E-state index in [-0.39, 0.29) is 29.9 Å². The van der Waals surface area contributed by atoms with Crippen LogP contribution in [0.25, 0.3) is 10.9 Å². The number of amides is 3. The second-order valence-electron chi connectivity index (χ2n) is 12.0. The SMILES string of the molecule is CC(C)N1CCc2nc(C(=O)N[C@@H]3CN(C(=O)OC(C)(C)C)CC[C@@H]3NC(=O)c3cc4cc(F)ccc4[nH]3)sc2C1. The molecule has 4 heterocycles. The molecule has 2 aliphatic heterocycles. The van der Waals surface area contributed by atoms with E-state index in [1.807, 2.05) is 0 Å². The van der Waals surface area contributed by atoms with E-state index in [4.69, 9.17) is 4.74 Å². The van der Waals surface area contributed by atoms with Gasteiger partial charge in [-0.25, -0.2) is 14.2 Å². The zero-order valence-corrected chi connectivity index (χ0v) is 24.9. The molecular weight excluding hydrogens is 547 g/mol. The van der Waals surface area contributed by atoms with Gasteiger partial charge in [0.05, 0.1) is 17.8 Å². The van der Waals surface area contributed by atoms with Crippen LogP contribution in [0, 0.1) is 5.82 Å². The molecule has 5 rings (SSSR count). The van der Waals surface area contributed by atoms with E-state index >= 15 is 0 Å². The molecule has 1 saturated heterocycles. The number of H-pyrrole nitrogens is 1. The first-order valence-corrected chi connectivity index (χ1v) is 14.8. The molecule has 41 heavy (non-hydrogen) atoms. The summed E-state index contributed by atoms with van der Waals surface area (Å²) in [5.74, 6) is -1.10. The second kappa shape index (κ2) is 11.4. The topological polar surface area (TPSA) is 120 Å². The number of likely N-dealkylation sites (tertiary alicyclic amines) is 1. The van der Waals surface area contributed by atoms with Gasteiger partial charge in [-0.05, 0) is 65.3 Å². The molecule has 0 unspecified atom stereocenters. The van der Waals surface area contributed by atoms with Gasteiger partial charge >= 0.3 is 6.09 Å². The lowest BCUT2D eigenvalue weighted by Crippen LogP contribution is -2.61. The van der Waals surface area contributed by atoms with E-state index < -0.39 is 23.8 Å². The molecule has 3 N–H and O–H groups in total. The van der Waals surface area contributed by atoms with Crippen LogP contribution in [0.15, 0.2) is 24.3 Å². The minimum Gasteiger partial charge on any atom is -0.444 e. The molecule has 0 radical (unpaired) electrons. The smallest absolute Gasteiger partial charge is 0.410 e. The Morgan fingerprint density at radius 1 is 1.12 bits per heavy atom. The number of hydrogen-bond donors (Lipinski definition) is 3. The van der Waals surface area contributed by atoms with Crippen LogP contribution in [-0.2, 0) is 17.7 Å². The zero-order valence-electron chi connectivity index (χ0n) is 24.0. The monoisotopic (exact) mass is 584 g/mol. The molecule has 2 aliphatic rings. The van der Waals surface area contributed by atoms with E-state index in [9.17, 15) is 18.8 Å². The summed E-state index contributed by atoms with van der Waals surface area (Å²) in [4.78, 5) is 52.2.